The first-order chi connectivity index (χ1) is 9.80. The van der Waals surface area contributed by atoms with Crippen LogP contribution in [0.25, 0.3) is 0 Å². The minimum atomic E-state index is -4.12. The maximum absolute atomic E-state index is 12.3. The van der Waals surface area contributed by atoms with E-state index in [0.717, 1.165) is 19.4 Å². The largest absolute Gasteiger partial charge is 0.401 e. The number of hydrogen-bond donors (Lipinski definition) is 1. The van der Waals surface area contributed by atoms with E-state index in [9.17, 15) is 18.4 Å². The third-order valence-corrected chi connectivity index (χ3v) is 4.14. The summed E-state index contributed by atoms with van der Waals surface area (Å²) in [6.07, 6.45) is -1.14. The molecule has 0 radical (unpaired) electrons. The fourth-order valence-corrected chi connectivity index (χ4v) is 2.64. The second kappa shape index (κ2) is 6.51. The predicted molar refractivity (Wildman–Crippen MR) is 73.7 cm³/mol. The molecule has 7 heteroatoms. The van der Waals surface area contributed by atoms with Gasteiger partial charge in [0, 0.05) is 38.8 Å². The van der Waals surface area contributed by atoms with Crippen LogP contribution in [0.4, 0.5) is 13.2 Å². The number of nitrogens with one attached hydrogen (secondary N) is 1. The van der Waals surface area contributed by atoms with Gasteiger partial charge in [-0.3, -0.25) is 10.2 Å². The number of nitrogens with zero attached hydrogens (tertiary/aromatic N) is 3. The van der Waals surface area contributed by atoms with Crippen molar-refractivity contribution in [1.82, 2.24) is 15.1 Å². The van der Waals surface area contributed by atoms with Crippen molar-refractivity contribution in [2.45, 2.75) is 43.9 Å². The molecule has 2 rings (SSSR count). The van der Waals surface area contributed by atoms with Gasteiger partial charge < -0.3 is 4.90 Å². The second-order valence-corrected chi connectivity index (χ2v) is 6.35. The van der Waals surface area contributed by atoms with Crippen LogP contribution in [0.1, 0.15) is 26.2 Å². The lowest BCUT2D eigenvalue weighted by molar-refractivity contribution is -0.149. The highest BCUT2D eigenvalue weighted by atomic mass is 19.4. The summed E-state index contributed by atoms with van der Waals surface area (Å²) in [4.78, 5) is 3.60. The van der Waals surface area contributed by atoms with E-state index in [-0.39, 0.29) is 0 Å². The normalized spacial score (nSPS) is 24.5. The highest BCUT2D eigenvalue weighted by Gasteiger charge is 2.34. The molecule has 4 nitrogen and oxygen atoms in total. The zero-order chi connectivity index (χ0) is 15.5. The first-order valence-corrected chi connectivity index (χ1v) is 7.50. The van der Waals surface area contributed by atoms with E-state index < -0.39 is 18.3 Å². The monoisotopic (exact) mass is 304 g/mol. The summed E-state index contributed by atoms with van der Waals surface area (Å²) < 4.78 is 36.9. The van der Waals surface area contributed by atoms with Gasteiger partial charge in [0.25, 0.3) is 0 Å². The molecule has 2 fully saturated rings. The lowest BCUT2D eigenvalue weighted by Gasteiger charge is -2.36. The Hall–Kier alpha value is -0.840. The van der Waals surface area contributed by atoms with Crippen molar-refractivity contribution in [2.24, 2.45) is 0 Å². The van der Waals surface area contributed by atoms with Gasteiger partial charge >= 0.3 is 6.18 Å². The van der Waals surface area contributed by atoms with Crippen LogP contribution in [-0.2, 0) is 0 Å². The van der Waals surface area contributed by atoms with Crippen molar-refractivity contribution in [1.29, 1.82) is 5.26 Å². The van der Waals surface area contributed by atoms with Gasteiger partial charge in [0.15, 0.2) is 0 Å². The van der Waals surface area contributed by atoms with Crippen molar-refractivity contribution >= 4 is 0 Å². The van der Waals surface area contributed by atoms with Crippen LogP contribution in [0, 0.1) is 11.3 Å². The smallest absolute Gasteiger partial charge is 0.301 e. The van der Waals surface area contributed by atoms with E-state index in [0.29, 0.717) is 38.6 Å². The highest BCUT2D eigenvalue weighted by Crippen LogP contribution is 2.24. The van der Waals surface area contributed by atoms with E-state index in [4.69, 9.17) is 0 Å². The summed E-state index contributed by atoms with van der Waals surface area (Å²) in [5, 5.41) is 12.6. The molecule has 1 atom stereocenters. The summed E-state index contributed by atoms with van der Waals surface area (Å²) in [6, 6.07) is 2.80. The molecule has 0 bridgehead atoms. The molecule has 1 aliphatic carbocycles. The molecule has 0 spiro atoms. The molecule has 0 aromatic rings. The van der Waals surface area contributed by atoms with E-state index >= 15 is 0 Å². The molecular weight excluding hydrogens is 281 g/mol. The minimum absolute atomic E-state index is 0.443. The Balaban J connectivity index is 1.69. The van der Waals surface area contributed by atoms with Gasteiger partial charge in [0.2, 0.25) is 0 Å². The Morgan fingerprint density at radius 3 is 2.19 bits per heavy atom. The standard InChI is InChI=1S/C14H23F3N4/c1-13(10-18,19-12-2-3-12)4-5-20-6-8-21(9-7-20)11-14(15,16)17/h12,19H,2-9,11H2,1H3. The second-order valence-electron chi connectivity index (χ2n) is 6.35. The lowest BCUT2D eigenvalue weighted by Crippen LogP contribution is -2.51. The number of nitriles is 1. The van der Waals surface area contributed by atoms with Crippen LogP contribution >= 0.6 is 0 Å². The molecule has 1 N–H and O–H groups in total. The third-order valence-electron chi connectivity index (χ3n) is 4.14. The van der Waals surface area contributed by atoms with Crippen molar-refractivity contribution in [2.75, 3.05) is 39.3 Å². The van der Waals surface area contributed by atoms with Crippen molar-refractivity contribution in [3.8, 4) is 6.07 Å². The van der Waals surface area contributed by atoms with Crippen molar-refractivity contribution in [3.05, 3.63) is 0 Å². The van der Waals surface area contributed by atoms with Gasteiger partial charge in [-0.2, -0.15) is 18.4 Å². The summed E-state index contributed by atoms with van der Waals surface area (Å²) in [7, 11) is 0. The fraction of sp³-hybridized carbons (Fsp3) is 0.929. The number of halogens is 3. The van der Waals surface area contributed by atoms with E-state index in [2.05, 4.69) is 16.3 Å². The maximum atomic E-state index is 12.3. The average Bonchev–Trinajstić information content (AvgIpc) is 3.20. The molecule has 2 aliphatic rings. The molecular formula is C14H23F3N4. The van der Waals surface area contributed by atoms with Gasteiger partial charge in [0.1, 0.15) is 5.54 Å². The molecule has 0 amide bonds. The van der Waals surface area contributed by atoms with Crippen molar-refractivity contribution < 1.29 is 13.2 Å². The van der Waals surface area contributed by atoms with E-state index in [1.807, 2.05) is 6.92 Å². The molecule has 120 valence electrons. The summed E-state index contributed by atoms with van der Waals surface area (Å²) in [5.74, 6) is 0. The Morgan fingerprint density at radius 2 is 1.71 bits per heavy atom. The van der Waals surface area contributed by atoms with Crippen LogP contribution in [0.5, 0.6) is 0 Å². The van der Waals surface area contributed by atoms with Crippen LogP contribution in [0.2, 0.25) is 0 Å². The summed E-state index contributed by atoms with van der Waals surface area (Å²) in [5.41, 5.74) is -0.524. The Morgan fingerprint density at radius 1 is 1.14 bits per heavy atom. The Kier molecular flexibility index (Phi) is 5.12. The lowest BCUT2D eigenvalue weighted by atomic mass is 9.99. The van der Waals surface area contributed by atoms with Gasteiger partial charge in [-0.15, -0.1) is 0 Å². The fourth-order valence-electron chi connectivity index (χ4n) is 2.64. The van der Waals surface area contributed by atoms with E-state index in [1.165, 1.54) is 4.90 Å². The molecule has 1 heterocycles. The maximum Gasteiger partial charge on any atom is 0.401 e. The number of alkyl halides is 3. The first kappa shape index (κ1) is 16.5. The minimum Gasteiger partial charge on any atom is -0.301 e. The third kappa shape index (κ3) is 5.81. The van der Waals surface area contributed by atoms with Crippen LogP contribution < -0.4 is 5.32 Å². The molecule has 0 aromatic heterocycles. The van der Waals surface area contributed by atoms with Crippen molar-refractivity contribution in [3.63, 3.8) is 0 Å². The van der Waals surface area contributed by atoms with Crippen LogP contribution in [-0.4, -0.2) is 66.8 Å². The summed E-state index contributed by atoms with van der Waals surface area (Å²) in [6.45, 7) is 4.01. The van der Waals surface area contributed by atoms with Gasteiger partial charge in [-0.25, -0.2) is 0 Å². The average molecular weight is 304 g/mol. The molecule has 0 aromatic carbocycles. The Labute approximate surface area is 123 Å². The summed E-state index contributed by atoms with van der Waals surface area (Å²) >= 11 is 0. The molecule has 1 saturated carbocycles. The van der Waals surface area contributed by atoms with Gasteiger partial charge in [0.05, 0.1) is 12.6 Å². The predicted octanol–water partition coefficient (Wildman–Crippen LogP) is 1.59. The Bertz CT molecular complexity index is 381. The molecule has 1 aliphatic heterocycles. The number of piperazine rings is 1. The first-order valence-electron chi connectivity index (χ1n) is 7.50. The number of hydrogen-bond acceptors (Lipinski definition) is 4. The SMILES string of the molecule is CC(C#N)(CCN1CCN(CC(F)(F)F)CC1)NC1CC1. The zero-order valence-corrected chi connectivity index (χ0v) is 12.4. The van der Waals surface area contributed by atoms with Gasteiger partial charge in [-0.1, -0.05) is 0 Å². The highest BCUT2D eigenvalue weighted by molar-refractivity contribution is 5.07. The zero-order valence-electron chi connectivity index (χ0n) is 12.4. The van der Waals surface area contributed by atoms with Gasteiger partial charge in [-0.05, 0) is 26.2 Å². The van der Waals surface area contributed by atoms with E-state index in [1.54, 1.807) is 0 Å². The quantitative estimate of drug-likeness (QED) is 0.809. The molecule has 1 saturated heterocycles. The van der Waals surface area contributed by atoms with Crippen LogP contribution in [0.3, 0.4) is 0 Å². The molecule has 21 heavy (non-hydrogen) atoms. The topological polar surface area (TPSA) is 42.3 Å². The van der Waals surface area contributed by atoms with Crippen LogP contribution in [0.15, 0.2) is 0 Å². The number of rotatable bonds is 6. The molecule has 1 unspecified atom stereocenters.